The molecule has 2 aromatic heterocycles. The molecule has 5 aromatic rings. The fourth-order valence-electron chi connectivity index (χ4n) is 3.48. The largest absolute Gasteiger partial charge is 0.455 e. The Hall–Kier alpha value is -5.45. The molecule has 182 valence electrons. The summed E-state index contributed by atoms with van der Waals surface area (Å²) in [7, 11) is 0. The van der Waals surface area contributed by atoms with E-state index in [1.54, 1.807) is 36.4 Å². The third-order valence-corrected chi connectivity index (χ3v) is 5.37. The minimum atomic E-state index is -0.462. The number of hydrazone groups is 1. The molecule has 0 aliphatic heterocycles. The second kappa shape index (κ2) is 10.4. The maximum atomic E-state index is 12.4. The number of amides is 1. The molecule has 0 aliphatic carbocycles. The lowest BCUT2D eigenvalue weighted by atomic mass is 10.1. The number of carbonyl (C=O) groups is 1. The van der Waals surface area contributed by atoms with E-state index < -0.39 is 4.92 Å². The minimum absolute atomic E-state index is 0.0000883. The van der Waals surface area contributed by atoms with E-state index in [9.17, 15) is 14.9 Å². The van der Waals surface area contributed by atoms with Gasteiger partial charge in [-0.15, -0.1) is 10.2 Å². The van der Waals surface area contributed by atoms with Crippen LogP contribution >= 0.6 is 0 Å². The van der Waals surface area contributed by atoms with Crippen molar-refractivity contribution in [1.82, 2.24) is 25.6 Å². The molecule has 0 fully saturated rings. The second-order valence-electron chi connectivity index (χ2n) is 7.91. The highest BCUT2D eigenvalue weighted by atomic mass is 16.6. The zero-order chi connectivity index (χ0) is 25.6. The Balaban J connectivity index is 1.16. The molecule has 3 aromatic carbocycles. The van der Waals surface area contributed by atoms with Crippen LogP contribution in [0.5, 0.6) is 0 Å². The van der Waals surface area contributed by atoms with Crippen molar-refractivity contribution in [3.8, 4) is 22.7 Å². The van der Waals surface area contributed by atoms with Crippen LogP contribution in [0.4, 0.5) is 5.69 Å². The Bertz CT molecular complexity index is 1560. The van der Waals surface area contributed by atoms with Crippen molar-refractivity contribution in [3.05, 3.63) is 118 Å². The number of hydrogen-bond donors (Lipinski definition) is 1. The highest BCUT2D eigenvalue weighted by molar-refractivity contribution is 5.94. The summed E-state index contributed by atoms with van der Waals surface area (Å²) in [4.78, 5) is 24.2. The summed E-state index contributed by atoms with van der Waals surface area (Å²) in [5.74, 6) is 1.11. The number of nitro groups is 1. The first kappa shape index (κ1) is 23.3. The van der Waals surface area contributed by atoms with Gasteiger partial charge in [0.2, 0.25) is 5.82 Å². The molecule has 2 heterocycles. The van der Waals surface area contributed by atoms with Crippen LogP contribution in [0.25, 0.3) is 22.7 Å². The first-order valence-corrected chi connectivity index (χ1v) is 11.2. The van der Waals surface area contributed by atoms with Gasteiger partial charge in [0.05, 0.1) is 17.7 Å². The monoisotopic (exact) mass is 493 g/mol. The van der Waals surface area contributed by atoms with E-state index in [0.717, 1.165) is 11.1 Å². The minimum Gasteiger partial charge on any atom is -0.455 e. The molecular formula is C26H19N7O4. The maximum Gasteiger partial charge on any atom is 0.271 e. The number of aromatic nitrogens is 4. The second-order valence-corrected chi connectivity index (χ2v) is 7.91. The molecule has 0 spiro atoms. The number of furan rings is 1. The molecule has 1 N–H and O–H groups in total. The summed E-state index contributed by atoms with van der Waals surface area (Å²) < 4.78 is 5.67. The van der Waals surface area contributed by atoms with Gasteiger partial charge in [-0.2, -0.15) is 9.90 Å². The van der Waals surface area contributed by atoms with E-state index in [-0.39, 0.29) is 11.6 Å². The lowest BCUT2D eigenvalue weighted by Gasteiger charge is -2.03. The summed E-state index contributed by atoms with van der Waals surface area (Å²) in [6.07, 6.45) is 1.38. The van der Waals surface area contributed by atoms with Gasteiger partial charge in [-0.1, -0.05) is 42.5 Å². The van der Waals surface area contributed by atoms with Crippen LogP contribution < -0.4 is 5.43 Å². The smallest absolute Gasteiger partial charge is 0.271 e. The van der Waals surface area contributed by atoms with Gasteiger partial charge in [-0.05, 0) is 47.2 Å². The molecule has 11 nitrogen and oxygen atoms in total. The Kier molecular flexibility index (Phi) is 6.57. The van der Waals surface area contributed by atoms with Crippen molar-refractivity contribution in [3.63, 3.8) is 0 Å². The fraction of sp³-hybridized carbons (Fsp3) is 0.0385. The molecule has 11 heteroatoms. The number of benzene rings is 3. The van der Waals surface area contributed by atoms with Gasteiger partial charge >= 0.3 is 0 Å². The average molecular weight is 493 g/mol. The number of non-ortho nitro benzene ring substituents is 1. The molecule has 0 saturated heterocycles. The summed E-state index contributed by atoms with van der Waals surface area (Å²) in [5.41, 5.74) is 5.38. The van der Waals surface area contributed by atoms with Crippen molar-refractivity contribution in [2.75, 3.05) is 0 Å². The molecular weight excluding hydrogens is 474 g/mol. The number of tetrazole rings is 1. The van der Waals surface area contributed by atoms with Gasteiger partial charge in [-0.25, -0.2) is 5.43 Å². The van der Waals surface area contributed by atoms with Crippen molar-refractivity contribution < 1.29 is 14.1 Å². The van der Waals surface area contributed by atoms with Gasteiger partial charge < -0.3 is 4.42 Å². The predicted molar refractivity (Wildman–Crippen MR) is 135 cm³/mol. The zero-order valence-electron chi connectivity index (χ0n) is 19.3. The van der Waals surface area contributed by atoms with Gasteiger partial charge in [0.25, 0.3) is 11.6 Å². The molecule has 5 rings (SSSR count). The predicted octanol–water partition coefficient (Wildman–Crippen LogP) is 4.32. The number of carbonyl (C=O) groups excluding carboxylic acids is 1. The first-order valence-electron chi connectivity index (χ1n) is 11.2. The van der Waals surface area contributed by atoms with Gasteiger partial charge in [0.1, 0.15) is 11.5 Å². The average Bonchev–Trinajstić information content (AvgIpc) is 3.60. The van der Waals surface area contributed by atoms with Gasteiger partial charge in [0, 0.05) is 28.8 Å². The highest BCUT2D eigenvalue weighted by Gasteiger charge is 2.09. The van der Waals surface area contributed by atoms with E-state index in [0.29, 0.717) is 35.0 Å². The first-order chi connectivity index (χ1) is 18.0. The lowest BCUT2D eigenvalue weighted by Crippen LogP contribution is -2.17. The molecule has 0 saturated carbocycles. The highest BCUT2D eigenvalue weighted by Crippen LogP contribution is 2.24. The third kappa shape index (κ3) is 5.62. The van der Waals surface area contributed by atoms with E-state index in [4.69, 9.17) is 4.42 Å². The molecule has 0 aliphatic rings. The Labute approximate surface area is 210 Å². The van der Waals surface area contributed by atoms with Crippen LogP contribution in [0.3, 0.4) is 0 Å². The zero-order valence-corrected chi connectivity index (χ0v) is 19.3. The summed E-state index contributed by atoms with van der Waals surface area (Å²) >= 11 is 0. The number of nitrogens with one attached hydrogen (secondary N) is 1. The van der Waals surface area contributed by atoms with E-state index in [2.05, 4.69) is 25.9 Å². The summed E-state index contributed by atoms with van der Waals surface area (Å²) in [6, 6.07) is 26.0. The van der Waals surface area contributed by atoms with Crippen LogP contribution in [0, 0.1) is 10.1 Å². The van der Waals surface area contributed by atoms with Crippen LogP contribution in [-0.4, -0.2) is 37.3 Å². The lowest BCUT2D eigenvalue weighted by molar-refractivity contribution is -0.384. The number of nitro benzene ring substituents is 1. The molecule has 1 amide bonds. The van der Waals surface area contributed by atoms with Crippen LogP contribution in [-0.2, 0) is 6.54 Å². The Morgan fingerprint density at radius 1 is 0.973 bits per heavy atom. The molecule has 0 atom stereocenters. The summed E-state index contributed by atoms with van der Waals surface area (Å²) in [5, 5.41) is 27.3. The van der Waals surface area contributed by atoms with Crippen LogP contribution in [0.15, 0.2) is 101 Å². The van der Waals surface area contributed by atoms with Crippen molar-refractivity contribution in [2.24, 2.45) is 5.10 Å². The SMILES string of the molecule is O=C(NN=Cc1ccc(-c2ccc([N+](=O)[O-])cc2)o1)c1ccc(Cn2nnc(-c3ccccc3)n2)cc1. The van der Waals surface area contributed by atoms with Gasteiger partial charge in [0.15, 0.2) is 0 Å². The van der Waals surface area contributed by atoms with Crippen LogP contribution in [0.1, 0.15) is 21.7 Å². The topological polar surface area (TPSA) is 141 Å². The van der Waals surface area contributed by atoms with Crippen LogP contribution in [0.2, 0.25) is 0 Å². The molecule has 37 heavy (non-hydrogen) atoms. The maximum absolute atomic E-state index is 12.4. The summed E-state index contributed by atoms with van der Waals surface area (Å²) in [6.45, 7) is 0.412. The Morgan fingerprint density at radius 3 is 2.46 bits per heavy atom. The number of hydrogen-bond acceptors (Lipinski definition) is 8. The van der Waals surface area contributed by atoms with E-state index >= 15 is 0 Å². The van der Waals surface area contributed by atoms with Crippen molar-refractivity contribution in [2.45, 2.75) is 6.54 Å². The quantitative estimate of drug-likeness (QED) is 0.193. The van der Waals surface area contributed by atoms with E-state index in [1.807, 2.05) is 42.5 Å². The molecule has 0 unspecified atom stereocenters. The Morgan fingerprint density at radius 2 is 1.73 bits per heavy atom. The number of rotatable bonds is 8. The van der Waals surface area contributed by atoms with Gasteiger partial charge in [-0.3, -0.25) is 14.9 Å². The van der Waals surface area contributed by atoms with Crippen molar-refractivity contribution >= 4 is 17.8 Å². The number of nitrogens with zero attached hydrogens (tertiary/aromatic N) is 6. The fourth-order valence-corrected chi connectivity index (χ4v) is 3.48. The van der Waals surface area contributed by atoms with E-state index in [1.165, 1.54) is 23.1 Å². The standard InChI is InChI=1S/C26H19N7O4/c34-26(29-27-16-23-14-15-24(37-23)19-10-12-22(13-11-19)33(35)36)21-8-6-18(7-9-21)17-32-30-25(28-31-32)20-4-2-1-3-5-20/h1-16H,17H2,(H,29,34). The third-order valence-electron chi connectivity index (χ3n) is 5.37. The molecule has 0 bridgehead atoms. The van der Waals surface area contributed by atoms with Crippen molar-refractivity contribution in [1.29, 1.82) is 0 Å². The normalized spacial score (nSPS) is 11.0. The molecule has 0 radical (unpaired) electrons.